The van der Waals surface area contributed by atoms with E-state index in [2.05, 4.69) is 60.2 Å². The van der Waals surface area contributed by atoms with Crippen LogP contribution >= 0.6 is 0 Å². The van der Waals surface area contributed by atoms with Gasteiger partial charge in [0.1, 0.15) is 5.52 Å². The summed E-state index contributed by atoms with van der Waals surface area (Å²) in [6.07, 6.45) is 1.81. The molecular weight excluding hydrogens is 334 g/mol. The number of aliphatic hydroxyl groups excluding tert-OH is 1. The topological polar surface area (TPSA) is 72.0 Å². The highest BCUT2D eigenvalue weighted by atomic mass is 16.3. The number of nitrogen functional groups attached to an aromatic ring is 1. The molecule has 2 aromatic carbocycles. The zero-order valence-electron chi connectivity index (χ0n) is 15.8. The Bertz CT molecular complexity index is 1170. The number of aromatic nitrogens is 2. The number of pyridine rings is 2. The normalized spacial score (nSPS) is 12.6. The highest BCUT2D eigenvalue weighted by Gasteiger charge is 2.18. The van der Waals surface area contributed by atoms with Crippen LogP contribution < -0.4 is 5.73 Å². The molecule has 27 heavy (non-hydrogen) atoms. The van der Waals surface area contributed by atoms with Crippen molar-refractivity contribution in [3.8, 4) is 0 Å². The van der Waals surface area contributed by atoms with Crippen LogP contribution in [0.5, 0.6) is 0 Å². The second kappa shape index (κ2) is 6.63. The van der Waals surface area contributed by atoms with E-state index in [1.165, 1.54) is 11.1 Å². The second-order valence-corrected chi connectivity index (χ2v) is 7.28. The van der Waals surface area contributed by atoms with Gasteiger partial charge in [-0.05, 0) is 55.2 Å². The predicted octanol–water partition coefficient (Wildman–Crippen LogP) is 4.41. The molecule has 136 valence electrons. The minimum atomic E-state index is -0.127. The van der Waals surface area contributed by atoms with Crippen molar-refractivity contribution < 1.29 is 5.11 Å². The van der Waals surface area contributed by atoms with Crippen molar-refractivity contribution in [2.75, 3.05) is 12.3 Å². The molecule has 2 aromatic heterocycles. The van der Waals surface area contributed by atoms with Crippen LogP contribution in [0.1, 0.15) is 33.7 Å². The summed E-state index contributed by atoms with van der Waals surface area (Å²) in [6.45, 7) is 6.22. The van der Waals surface area contributed by atoms with E-state index >= 15 is 0 Å². The van der Waals surface area contributed by atoms with Gasteiger partial charge in [-0.25, -0.2) is 4.98 Å². The van der Waals surface area contributed by atoms with Gasteiger partial charge >= 0.3 is 0 Å². The third-order valence-corrected chi connectivity index (χ3v) is 5.22. The van der Waals surface area contributed by atoms with Gasteiger partial charge in [-0.3, -0.25) is 4.98 Å². The first-order chi connectivity index (χ1) is 13.0. The minimum Gasteiger partial charge on any atom is -0.395 e. The van der Waals surface area contributed by atoms with E-state index in [9.17, 15) is 5.11 Å². The van der Waals surface area contributed by atoms with Crippen molar-refractivity contribution in [3.63, 3.8) is 0 Å². The van der Waals surface area contributed by atoms with Crippen molar-refractivity contribution in [1.29, 1.82) is 0 Å². The van der Waals surface area contributed by atoms with Gasteiger partial charge in [0.2, 0.25) is 0 Å². The molecule has 1 unspecified atom stereocenters. The molecule has 0 aliphatic rings. The quantitative estimate of drug-likeness (QED) is 0.533. The Kier molecular flexibility index (Phi) is 4.28. The van der Waals surface area contributed by atoms with Crippen molar-refractivity contribution >= 4 is 27.6 Å². The standard InChI is InChI=1S/C23H23N3O/c1-13-4-6-17(15(3)8-13)20(12-27)16-10-19-18-7-5-14(2)9-21(18)26-23(24)22(19)25-11-16/h4-11,20,27H,12H2,1-3H3,(H2,24,26). The van der Waals surface area contributed by atoms with Gasteiger partial charge in [-0.15, -0.1) is 0 Å². The molecule has 1 atom stereocenters. The number of hydrogen-bond donors (Lipinski definition) is 2. The number of anilines is 1. The lowest BCUT2D eigenvalue weighted by Gasteiger charge is -2.19. The lowest BCUT2D eigenvalue weighted by Crippen LogP contribution is -2.09. The fourth-order valence-electron chi connectivity index (χ4n) is 3.83. The molecule has 0 spiro atoms. The number of rotatable bonds is 3. The van der Waals surface area contributed by atoms with E-state index in [1.54, 1.807) is 6.20 Å². The van der Waals surface area contributed by atoms with E-state index < -0.39 is 0 Å². The van der Waals surface area contributed by atoms with E-state index in [4.69, 9.17) is 5.73 Å². The van der Waals surface area contributed by atoms with Crippen LogP contribution in [0.4, 0.5) is 5.82 Å². The smallest absolute Gasteiger partial charge is 0.150 e. The van der Waals surface area contributed by atoms with Gasteiger partial charge in [-0.1, -0.05) is 35.9 Å². The van der Waals surface area contributed by atoms with Crippen molar-refractivity contribution in [2.45, 2.75) is 26.7 Å². The number of hydrogen-bond acceptors (Lipinski definition) is 4. The van der Waals surface area contributed by atoms with Crippen LogP contribution in [0.25, 0.3) is 21.8 Å². The zero-order chi connectivity index (χ0) is 19.1. The van der Waals surface area contributed by atoms with Gasteiger partial charge in [0.15, 0.2) is 5.82 Å². The summed E-state index contributed by atoms with van der Waals surface area (Å²) in [5.74, 6) is 0.305. The maximum absolute atomic E-state index is 10.1. The number of nitrogens with zero attached hydrogens (tertiary/aromatic N) is 2. The molecule has 0 bridgehead atoms. The van der Waals surface area contributed by atoms with Crippen LogP contribution in [0, 0.1) is 20.8 Å². The van der Waals surface area contributed by atoms with Crippen LogP contribution in [-0.2, 0) is 0 Å². The van der Waals surface area contributed by atoms with Crippen molar-refractivity contribution in [1.82, 2.24) is 9.97 Å². The summed E-state index contributed by atoms with van der Waals surface area (Å²) < 4.78 is 0. The Morgan fingerprint density at radius 1 is 0.963 bits per heavy atom. The molecule has 0 saturated carbocycles. The SMILES string of the molecule is Cc1ccc(C(CO)c2cnc3c(N)nc4cc(C)ccc4c3c2)c(C)c1. The molecule has 0 aliphatic carbocycles. The van der Waals surface area contributed by atoms with Crippen LogP contribution in [0.3, 0.4) is 0 Å². The molecule has 0 fully saturated rings. The van der Waals surface area contributed by atoms with Crippen molar-refractivity contribution in [3.05, 3.63) is 76.5 Å². The Labute approximate surface area is 158 Å². The lowest BCUT2D eigenvalue weighted by atomic mass is 9.88. The molecule has 4 heteroatoms. The first-order valence-corrected chi connectivity index (χ1v) is 9.11. The molecule has 4 rings (SSSR count). The van der Waals surface area contributed by atoms with Gasteiger partial charge in [0, 0.05) is 22.9 Å². The number of benzene rings is 2. The van der Waals surface area contributed by atoms with Crippen LogP contribution in [0.15, 0.2) is 48.7 Å². The van der Waals surface area contributed by atoms with Gasteiger partial charge in [0.05, 0.1) is 12.1 Å². The Morgan fingerprint density at radius 3 is 2.44 bits per heavy atom. The third-order valence-electron chi connectivity index (χ3n) is 5.22. The largest absolute Gasteiger partial charge is 0.395 e. The monoisotopic (exact) mass is 357 g/mol. The Morgan fingerprint density at radius 2 is 1.70 bits per heavy atom. The predicted molar refractivity (Wildman–Crippen MR) is 111 cm³/mol. The molecule has 4 nitrogen and oxygen atoms in total. The summed E-state index contributed by atoms with van der Waals surface area (Å²) in [7, 11) is 0. The summed E-state index contributed by atoms with van der Waals surface area (Å²) in [4.78, 5) is 9.10. The van der Waals surface area contributed by atoms with E-state index in [0.29, 0.717) is 11.3 Å². The lowest BCUT2D eigenvalue weighted by molar-refractivity contribution is 0.280. The number of aliphatic hydroxyl groups is 1. The molecule has 0 radical (unpaired) electrons. The molecule has 3 N–H and O–H groups in total. The molecular formula is C23H23N3O. The van der Waals surface area contributed by atoms with Crippen LogP contribution in [-0.4, -0.2) is 21.7 Å². The maximum Gasteiger partial charge on any atom is 0.150 e. The molecule has 2 heterocycles. The summed E-state index contributed by atoms with van der Waals surface area (Å²) in [5.41, 5.74) is 13.3. The Balaban J connectivity index is 1.95. The zero-order valence-corrected chi connectivity index (χ0v) is 15.8. The summed E-state index contributed by atoms with van der Waals surface area (Å²) >= 11 is 0. The fourth-order valence-corrected chi connectivity index (χ4v) is 3.83. The number of nitrogens with two attached hydrogens (primary N) is 1. The molecule has 0 aliphatic heterocycles. The van der Waals surface area contributed by atoms with E-state index in [0.717, 1.165) is 33.0 Å². The first-order valence-electron chi connectivity index (χ1n) is 9.11. The minimum absolute atomic E-state index is 0.0225. The molecule has 0 saturated heterocycles. The Hall–Kier alpha value is -2.98. The highest BCUT2D eigenvalue weighted by molar-refractivity contribution is 6.08. The van der Waals surface area contributed by atoms with E-state index in [-0.39, 0.29) is 12.5 Å². The highest BCUT2D eigenvalue weighted by Crippen LogP contribution is 2.32. The number of aryl methyl sites for hydroxylation is 3. The number of fused-ring (bicyclic) bond motifs is 3. The van der Waals surface area contributed by atoms with Gasteiger partial charge < -0.3 is 10.8 Å². The maximum atomic E-state index is 10.1. The molecule has 4 aromatic rings. The summed E-state index contributed by atoms with van der Waals surface area (Å²) in [6, 6.07) is 14.6. The van der Waals surface area contributed by atoms with Gasteiger partial charge in [-0.2, -0.15) is 0 Å². The fraction of sp³-hybridized carbons (Fsp3) is 0.217. The average Bonchev–Trinajstić information content (AvgIpc) is 2.64. The van der Waals surface area contributed by atoms with E-state index in [1.807, 2.05) is 13.0 Å². The first kappa shape index (κ1) is 17.4. The molecule has 0 amide bonds. The summed E-state index contributed by atoms with van der Waals surface area (Å²) in [5, 5.41) is 12.1. The van der Waals surface area contributed by atoms with Crippen LogP contribution in [0.2, 0.25) is 0 Å². The van der Waals surface area contributed by atoms with Crippen molar-refractivity contribution in [2.24, 2.45) is 0 Å². The second-order valence-electron chi connectivity index (χ2n) is 7.28. The third kappa shape index (κ3) is 3.02. The van der Waals surface area contributed by atoms with Gasteiger partial charge in [0.25, 0.3) is 0 Å². The average molecular weight is 357 g/mol.